The summed E-state index contributed by atoms with van der Waals surface area (Å²) in [5, 5.41) is 21.7. The van der Waals surface area contributed by atoms with Crippen molar-refractivity contribution in [2.75, 3.05) is 6.61 Å². The Morgan fingerprint density at radius 3 is 2.52 bits per heavy atom. The molecule has 9 heteroatoms. The highest BCUT2D eigenvalue weighted by Crippen LogP contribution is 2.34. The largest absolute Gasteiger partial charge is 0.446 e. The molecule has 0 bridgehead atoms. The van der Waals surface area contributed by atoms with E-state index in [-0.39, 0.29) is 17.9 Å². The number of halogens is 1. The number of amides is 2. The van der Waals surface area contributed by atoms with E-state index in [0.717, 1.165) is 4.90 Å². The first kappa shape index (κ1) is 19.0. The number of nitro groups is 1. The Hall–Kier alpha value is -2.78. The number of aliphatic hydroxyl groups excluding tert-OH is 1. The molecule has 0 aromatic heterocycles. The number of carbonyl (C=O) groups is 2. The lowest BCUT2D eigenvalue weighted by molar-refractivity contribution is -0.386. The number of para-hydroxylation sites is 1. The number of carbonyl (C=O) groups excluding carboxylic acids is 2. The van der Waals surface area contributed by atoms with Gasteiger partial charge in [0, 0.05) is 6.07 Å². The summed E-state index contributed by atoms with van der Waals surface area (Å²) in [7, 11) is 0. The summed E-state index contributed by atoms with van der Waals surface area (Å²) in [4.78, 5) is 35.2. The minimum Gasteiger partial charge on any atom is -0.446 e. The highest BCUT2D eigenvalue weighted by Gasteiger charge is 2.43. The molecule has 8 nitrogen and oxygen atoms in total. The van der Waals surface area contributed by atoms with Crippen molar-refractivity contribution in [1.82, 2.24) is 4.90 Å². The lowest BCUT2D eigenvalue weighted by Gasteiger charge is -2.24. The molecule has 0 saturated carbocycles. The second-order valence-corrected chi connectivity index (χ2v) is 6.86. The van der Waals surface area contributed by atoms with Gasteiger partial charge in [-0.15, -0.1) is 0 Å². The molecule has 27 heavy (non-hydrogen) atoms. The van der Waals surface area contributed by atoms with E-state index in [0.29, 0.717) is 5.56 Å². The van der Waals surface area contributed by atoms with Crippen LogP contribution in [0.15, 0.2) is 54.6 Å². The third kappa shape index (κ3) is 3.69. The molecule has 0 unspecified atom stereocenters. The van der Waals surface area contributed by atoms with Crippen LogP contribution in [0.2, 0.25) is 0 Å². The van der Waals surface area contributed by atoms with Crippen LogP contribution in [0.25, 0.3) is 0 Å². The number of nitrogens with zero attached hydrogens (tertiary/aromatic N) is 2. The summed E-state index contributed by atoms with van der Waals surface area (Å²) in [6, 6.07) is 13.8. The maximum Gasteiger partial charge on any atom is 0.417 e. The van der Waals surface area contributed by atoms with Crippen molar-refractivity contribution in [3.8, 4) is 0 Å². The van der Waals surface area contributed by atoms with Gasteiger partial charge in [0.15, 0.2) is 0 Å². The monoisotopic (exact) mass is 434 g/mol. The van der Waals surface area contributed by atoms with Gasteiger partial charge >= 0.3 is 6.09 Å². The van der Waals surface area contributed by atoms with Crippen LogP contribution in [0, 0.1) is 10.1 Å². The molecular weight excluding hydrogens is 420 g/mol. The molecule has 2 amide bonds. The quantitative estimate of drug-likeness (QED) is 0.439. The molecule has 1 aliphatic heterocycles. The van der Waals surface area contributed by atoms with E-state index in [1.54, 1.807) is 30.3 Å². The van der Waals surface area contributed by atoms with Crippen molar-refractivity contribution < 1.29 is 24.4 Å². The van der Waals surface area contributed by atoms with Crippen LogP contribution in [0.1, 0.15) is 23.3 Å². The molecule has 3 atom stereocenters. The number of ether oxygens (including phenoxy) is 1. The number of benzene rings is 2. The fourth-order valence-corrected chi connectivity index (χ4v) is 3.42. The minimum absolute atomic E-state index is 0.00408. The Balaban J connectivity index is 1.88. The van der Waals surface area contributed by atoms with E-state index in [4.69, 9.17) is 4.74 Å². The summed E-state index contributed by atoms with van der Waals surface area (Å²) in [5.41, 5.74) is 0.365. The third-order valence-electron chi connectivity index (χ3n) is 4.26. The van der Waals surface area contributed by atoms with Crippen molar-refractivity contribution >= 4 is 33.6 Å². The molecule has 3 rings (SSSR count). The van der Waals surface area contributed by atoms with E-state index >= 15 is 0 Å². The van der Waals surface area contributed by atoms with Gasteiger partial charge < -0.3 is 9.84 Å². The van der Waals surface area contributed by atoms with E-state index in [1.807, 2.05) is 0 Å². The zero-order valence-electron chi connectivity index (χ0n) is 13.9. The number of imide groups is 1. The van der Waals surface area contributed by atoms with Gasteiger partial charge in [0.1, 0.15) is 23.6 Å². The lowest BCUT2D eigenvalue weighted by Crippen LogP contribution is -2.41. The summed E-state index contributed by atoms with van der Waals surface area (Å²) in [6.45, 7) is -0.00408. The topological polar surface area (TPSA) is 110 Å². The number of alkyl halides is 1. The fourth-order valence-electron chi connectivity index (χ4n) is 2.92. The Morgan fingerprint density at radius 2 is 1.85 bits per heavy atom. The molecule has 1 heterocycles. The van der Waals surface area contributed by atoms with Gasteiger partial charge in [-0.3, -0.25) is 14.9 Å². The molecule has 2 aromatic carbocycles. The summed E-state index contributed by atoms with van der Waals surface area (Å²) in [6.07, 6.45) is -2.35. The van der Waals surface area contributed by atoms with E-state index in [1.165, 1.54) is 24.3 Å². The summed E-state index contributed by atoms with van der Waals surface area (Å²) < 4.78 is 5.01. The number of nitro benzene ring substituents is 1. The molecule has 140 valence electrons. The second kappa shape index (κ2) is 7.85. The number of rotatable bonds is 5. The highest BCUT2D eigenvalue weighted by atomic mass is 79.9. The molecule has 1 N–H and O–H groups in total. The second-order valence-electron chi connectivity index (χ2n) is 5.87. The van der Waals surface area contributed by atoms with Crippen LogP contribution in [0.3, 0.4) is 0 Å². The van der Waals surface area contributed by atoms with Crippen molar-refractivity contribution in [3.63, 3.8) is 0 Å². The first-order chi connectivity index (χ1) is 12.9. The number of hydrogen-bond acceptors (Lipinski definition) is 6. The van der Waals surface area contributed by atoms with Crippen LogP contribution in [-0.4, -0.2) is 38.4 Å². The van der Waals surface area contributed by atoms with Gasteiger partial charge in [-0.1, -0.05) is 58.4 Å². The molecular formula is C18H15BrN2O6. The zero-order chi connectivity index (χ0) is 19.6. The zero-order valence-corrected chi connectivity index (χ0v) is 15.5. The predicted molar refractivity (Wildman–Crippen MR) is 98.1 cm³/mol. The van der Waals surface area contributed by atoms with E-state index in [2.05, 4.69) is 15.9 Å². The van der Waals surface area contributed by atoms with Crippen molar-refractivity contribution in [3.05, 3.63) is 75.8 Å². The molecule has 0 aliphatic carbocycles. The van der Waals surface area contributed by atoms with Crippen molar-refractivity contribution in [1.29, 1.82) is 0 Å². The number of aliphatic hydroxyl groups is 1. The Bertz CT molecular complexity index is 875. The molecule has 1 aliphatic rings. The third-order valence-corrected chi connectivity index (χ3v) is 5.15. The van der Waals surface area contributed by atoms with Crippen molar-refractivity contribution in [2.45, 2.75) is 17.0 Å². The minimum atomic E-state index is -1.52. The Labute approximate surface area is 162 Å². The van der Waals surface area contributed by atoms with Crippen LogP contribution in [0.4, 0.5) is 10.5 Å². The average molecular weight is 435 g/mol. The average Bonchev–Trinajstić information content (AvgIpc) is 3.08. The van der Waals surface area contributed by atoms with Gasteiger partial charge in [-0.25, -0.2) is 9.69 Å². The van der Waals surface area contributed by atoms with Gasteiger partial charge in [0.2, 0.25) is 5.91 Å². The van der Waals surface area contributed by atoms with Gasteiger partial charge in [-0.05, 0) is 11.6 Å². The smallest absolute Gasteiger partial charge is 0.417 e. The number of cyclic esters (lactones) is 1. The van der Waals surface area contributed by atoms with Gasteiger partial charge in [-0.2, -0.15) is 0 Å². The molecule has 0 radical (unpaired) electrons. The standard InChI is InChI=1S/C18H15BrN2O6/c19-15(16(22)12-8-4-5-9-13(12)21(25)26)17(23)20-14(10-27-18(20)24)11-6-2-1-3-7-11/h1-9,14-16,22H,10H2/t14-,15+,16+/m1/s1. The lowest BCUT2D eigenvalue weighted by atomic mass is 10.0. The fraction of sp³-hybridized carbons (Fsp3) is 0.222. The van der Waals surface area contributed by atoms with Gasteiger partial charge in [0.25, 0.3) is 5.69 Å². The normalized spacial score (nSPS) is 18.7. The Morgan fingerprint density at radius 1 is 1.22 bits per heavy atom. The molecule has 1 fully saturated rings. The van der Waals surface area contributed by atoms with Crippen molar-refractivity contribution in [2.24, 2.45) is 0 Å². The van der Waals surface area contributed by atoms with Crippen LogP contribution in [-0.2, 0) is 9.53 Å². The molecule has 2 aromatic rings. The Kier molecular flexibility index (Phi) is 5.52. The first-order valence-corrected chi connectivity index (χ1v) is 8.93. The molecule has 1 saturated heterocycles. The maximum absolute atomic E-state index is 12.9. The molecule has 0 spiro atoms. The van der Waals surface area contributed by atoms with Crippen LogP contribution in [0.5, 0.6) is 0 Å². The van der Waals surface area contributed by atoms with Gasteiger partial charge in [0.05, 0.1) is 10.5 Å². The van der Waals surface area contributed by atoms with E-state index in [9.17, 15) is 24.8 Å². The first-order valence-electron chi connectivity index (χ1n) is 8.02. The number of hydrogen-bond donors (Lipinski definition) is 1. The van der Waals surface area contributed by atoms with Crippen LogP contribution >= 0.6 is 15.9 Å². The maximum atomic E-state index is 12.9. The highest BCUT2D eigenvalue weighted by molar-refractivity contribution is 9.10. The summed E-state index contributed by atoms with van der Waals surface area (Å²) in [5.74, 6) is -0.739. The summed E-state index contributed by atoms with van der Waals surface area (Å²) >= 11 is 3.09. The van der Waals surface area contributed by atoms with E-state index < -0.39 is 33.9 Å². The predicted octanol–water partition coefficient (Wildman–Crippen LogP) is 3.11. The SMILES string of the molecule is O=C1OC[C@H](c2ccccc2)N1C(=O)[C@@H](Br)[C@@H](O)c1ccccc1[N+](=O)[O-]. The van der Waals surface area contributed by atoms with Crippen LogP contribution < -0.4 is 0 Å².